The van der Waals surface area contributed by atoms with Crippen LogP contribution in [-0.4, -0.2) is 4.98 Å². The van der Waals surface area contributed by atoms with Crippen LogP contribution in [0.15, 0.2) is 60.4 Å². The Morgan fingerprint density at radius 3 is 2.68 bits per heavy atom. The Balaban J connectivity index is 2.17. The molecule has 0 aliphatic heterocycles. The molecule has 96 valence electrons. The second kappa shape index (κ2) is 6.69. The molecule has 0 fully saturated rings. The molecule has 0 aliphatic carbocycles. The molecule has 0 bridgehead atoms. The van der Waals surface area contributed by atoms with Crippen molar-refractivity contribution in [1.82, 2.24) is 4.98 Å². The number of pyridine rings is 1. The normalized spacial score (nSPS) is 12.0. The number of benzene rings is 1. The highest BCUT2D eigenvalue weighted by molar-refractivity contribution is 5.62. The Labute approximate surface area is 115 Å². The van der Waals surface area contributed by atoms with Crippen LogP contribution < -0.4 is 0 Å². The summed E-state index contributed by atoms with van der Waals surface area (Å²) in [5, 5.41) is 0. The van der Waals surface area contributed by atoms with Gasteiger partial charge in [-0.15, -0.1) is 0 Å². The zero-order valence-corrected chi connectivity index (χ0v) is 11.5. The summed E-state index contributed by atoms with van der Waals surface area (Å²) in [4.78, 5) is 4.17. The second-order valence-corrected chi connectivity index (χ2v) is 4.56. The van der Waals surface area contributed by atoms with E-state index in [1.807, 2.05) is 18.5 Å². The van der Waals surface area contributed by atoms with Gasteiger partial charge in [-0.3, -0.25) is 4.98 Å². The molecule has 0 saturated carbocycles. The van der Waals surface area contributed by atoms with Gasteiger partial charge in [-0.05, 0) is 36.1 Å². The Kier molecular flexibility index (Phi) is 4.68. The van der Waals surface area contributed by atoms with Gasteiger partial charge in [0.05, 0.1) is 0 Å². The number of aromatic nitrogens is 1. The largest absolute Gasteiger partial charge is 0.264 e. The van der Waals surface area contributed by atoms with Crippen molar-refractivity contribution in [3.05, 3.63) is 77.1 Å². The fourth-order valence-electron chi connectivity index (χ4n) is 1.96. The van der Waals surface area contributed by atoms with Crippen molar-refractivity contribution in [1.29, 1.82) is 0 Å². The lowest BCUT2D eigenvalue weighted by Crippen LogP contribution is -1.87. The van der Waals surface area contributed by atoms with Crippen LogP contribution in [0.2, 0.25) is 0 Å². The van der Waals surface area contributed by atoms with Crippen molar-refractivity contribution in [3.63, 3.8) is 0 Å². The highest BCUT2D eigenvalue weighted by atomic mass is 14.6. The van der Waals surface area contributed by atoms with Gasteiger partial charge < -0.3 is 0 Å². The van der Waals surface area contributed by atoms with Crippen molar-refractivity contribution in [2.45, 2.75) is 20.3 Å². The molecule has 0 aliphatic rings. The SMILES string of the molecule is CCc1cnccc1/C=C(C)/C=C/c1ccccc1. The summed E-state index contributed by atoms with van der Waals surface area (Å²) in [5.41, 5.74) is 5.01. The maximum atomic E-state index is 4.17. The van der Waals surface area contributed by atoms with Gasteiger partial charge in [0, 0.05) is 12.4 Å². The Morgan fingerprint density at radius 2 is 1.95 bits per heavy atom. The van der Waals surface area contributed by atoms with E-state index in [1.54, 1.807) is 0 Å². The maximum absolute atomic E-state index is 4.17. The quantitative estimate of drug-likeness (QED) is 0.712. The van der Waals surface area contributed by atoms with E-state index < -0.39 is 0 Å². The third-order valence-corrected chi connectivity index (χ3v) is 3.04. The lowest BCUT2D eigenvalue weighted by molar-refractivity contribution is 1.09. The van der Waals surface area contributed by atoms with Crippen LogP contribution in [0.3, 0.4) is 0 Å². The number of rotatable bonds is 4. The van der Waals surface area contributed by atoms with Gasteiger partial charge in [-0.25, -0.2) is 0 Å². The van der Waals surface area contributed by atoms with Crippen molar-refractivity contribution in [2.75, 3.05) is 0 Å². The molecule has 1 aromatic heterocycles. The average Bonchev–Trinajstić information content (AvgIpc) is 2.47. The monoisotopic (exact) mass is 249 g/mol. The summed E-state index contributed by atoms with van der Waals surface area (Å²) >= 11 is 0. The molecule has 19 heavy (non-hydrogen) atoms. The van der Waals surface area contributed by atoms with Crippen LogP contribution in [0.25, 0.3) is 12.2 Å². The molecule has 2 aromatic rings. The molecule has 1 nitrogen and oxygen atoms in total. The summed E-state index contributed by atoms with van der Waals surface area (Å²) < 4.78 is 0. The minimum Gasteiger partial charge on any atom is -0.264 e. The number of allylic oxidation sites excluding steroid dienone is 2. The first kappa shape index (κ1) is 13.3. The summed E-state index contributed by atoms with van der Waals surface area (Å²) in [5.74, 6) is 0. The molecule has 1 heterocycles. The summed E-state index contributed by atoms with van der Waals surface area (Å²) in [7, 11) is 0. The summed E-state index contributed by atoms with van der Waals surface area (Å²) in [6.45, 7) is 4.28. The van der Waals surface area contributed by atoms with E-state index in [0.717, 1.165) is 6.42 Å². The van der Waals surface area contributed by atoms with Crippen molar-refractivity contribution in [2.24, 2.45) is 0 Å². The molecule has 0 radical (unpaired) electrons. The lowest BCUT2D eigenvalue weighted by Gasteiger charge is -2.02. The van der Waals surface area contributed by atoms with E-state index in [4.69, 9.17) is 0 Å². The van der Waals surface area contributed by atoms with Crippen LogP contribution in [0, 0.1) is 0 Å². The third-order valence-electron chi connectivity index (χ3n) is 3.04. The Hall–Kier alpha value is -2.15. The number of nitrogens with zero attached hydrogens (tertiary/aromatic N) is 1. The molecule has 0 N–H and O–H groups in total. The van der Waals surface area contributed by atoms with Gasteiger partial charge >= 0.3 is 0 Å². The Bertz CT molecular complexity index is 580. The van der Waals surface area contributed by atoms with Crippen LogP contribution in [0.5, 0.6) is 0 Å². The van der Waals surface area contributed by atoms with Crippen molar-refractivity contribution >= 4 is 12.2 Å². The molecule has 2 rings (SSSR count). The fourth-order valence-corrected chi connectivity index (χ4v) is 1.96. The predicted molar refractivity (Wildman–Crippen MR) is 82.7 cm³/mol. The molecular weight excluding hydrogens is 230 g/mol. The van der Waals surface area contributed by atoms with E-state index in [1.165, 1.54) is 22.3 Å². The van der Waals surface area contributed by atoms with Crippen molar-refractivity contribution < 1.29 is 0 Å². The molecule has 0 atom stereocenters. The van der Waals surface area contributed by atoms with Crippen LogP contribution in [-0.2, 0) is 6.42 Å². The molecular formula is C18H19N. The average molecular weight is 249 g/mol. The highest BCUT2D eigenvalue weighted by Gasteiger charge is 1.96. The van der Waals surface area contributed by atoms with Gasteiger partial charge in [0.15, 0.2) is 0 Å². The van der Waals surface area contributed by atoms with E-state index in [0.29, 0.717) is 0 Å². The summed E-state index contributed by atoms with van der Waals surface area (Å²) in [6, 6.07) is 12.4. The lowest BCUT2D eigenvalue weighted by atomic mass is 10.1. The fraction of sp³-hybridized carbons (Fsp3) is 0.167. The predicted octanol–water partition coefficient (Wildman–Crippen LogP) is 4.76. The van der Waals surface area contributed by atoms with Crippen LogP contribution in [0.1, 0.15) is 30.5 Å². The standard InChI is InChI=1S/C18H19N/c1-3-17-14-19-12-11-18(17)13-15(2)9-10-16-7-5-4-6-8-16/h4-14H,3H2,1-2H3/b10-9+,15-13+. The number of hydrogen-bond acceptors (Lipinski definition) is 1. The first-order valence-electron chi connectivity index (χ1n) is 6.64. The van der Waals surface area contributed by atoms with Gasteiger partial charge in [0.2, 0.25) is 0 Å². The zero-order valence-electron chi connectivity index (χ0n) is 11.5. The molecule has 0 spiro atoms. The molecule has 0 amide bonds. The number of aryl methyl sites for hydroxylation is 1. The first-order chi connectivity index (χ1) is 9.29. The van der Waals surface area contributed by atoms with Gasteiger partial charge in [0.1, 0.15) is 0 Å². The smallest absolute Gasteiger partial charge is 0.0305 e. The van der Waals surface area contributed by atoms with Gasteiger partial charge in [-0.2, -0.15) is 0 Å². The Morgan fingerprint density at radius 1 is 1.16 bits per heavy atom. The van der Waals surface area contributed by atoms with Crippen molar-refractivity contribution in [3.8, 4) is 0 Å². The van der Waals surface area contributed by atoms with E-state index in [2.05, 4.69) is 67.4 Å². The zero-order chi connectivity index (χ0) is 13.5. The minimum absolute atomic E-state index is 1.01. The molecule has 1 aromatic carbocycles. The third kappa shape index (κ3) is 3.92. The minimum atomic E-state index is 1.01. The summed E-state index contributed by atoms with van der Waals surface area (Å²) in [6.07, 6.45) is 11.3. The van der Waals surface area contributed by atoms with E-state index >= 15 is 0 Å². The first-order valence-corrected chi connectivity index (χ1v) is 6.64. The molecule has 1 heteroatoms. The topological polar surface area (TPSA) is 12.9 Å². The highest BCUT2D eigenvalue weighted by Crippen LogP contribution is 2.14. The van der Waals surface area contributed by atoms with E-state index in [-0.39, 0.29) is 0 Å². The van der Waals surface area contributed by atoms with Crippen LogP contribution >= 0.6 is 0 Å². The molecule has 0 unspecified atom stereocenters. The maximum Gasteiger partial charge on any atom is 0.0305 e. The number of hydrogen-bond donors (Lipinski definition) is 0. The van der Waals surface area contributed by atoms with Gasteiger partial charge in [0.25, 0.3) is 0 Å². The van der Waals surface area contributed by atoms with E-state index in [9.17, 15) is 0 Å². The second-order valence-electron chi connectivity index (χ2n) is 4.56. The van der Waals surface area contributed by atoms with Gasteiger partial charge in [-0.1, -0.05) is 61.1 Å². The molecule has 0 saturated heterocycles. The van der Waals surface area contributed by atoms with Crippen LogP contribution in [0.4, 0.5) is 0 Å².